The van der Waals surface area contributed by atoms with Crippen LogP contribution in [0, 0.1) is 6.92 Å². The van der Waals surface area contributed by atoms with Crippen LogP contribution in [0.4, 0.5) is 13.2 Å². The first kappa shape index (κ1) is 23.3. The number of carbonyl (C=O) groups is 1. The molecule has 0 spiro atoms. The van der Waals surface area contributed by atoms with Crippen LogP contribution >= 0.6 is 11.6 Å². The summed E-state index contributed by atoms with van der Waals surface area (Å²) >= 11 is 6.19. The van der Waals surface area contributed by atoms with Gasteiger partial charge in [-0.05, 0) is 31.2 Å². The molecule has 0 aliphatic heterocycles. The van der Waals surface area contributed by atoms with E-state index in [4.69, 9.17) is 16.3 Å². The number of rotatable bonds is 6. The van der Waals surface area contributed by atoms with E-state index in [1.54, 1.807) is 16.9 Å². The summed E-state index contributed by atoms with van der Waals surface area (Å²) in [5.41, 5.74) is 0.0857. The maximum atomic E-state index is 12.6. The van der Waals surface area contributed by atoms with Crippen molar-refractivity contribution >= 4 is 27.5 Å². The molecule has 0 saturated carbocycles. The molecule has 1 amide bonds. The lowest BCUT2D eigenvalue weighted by molar-refractivity contribution is -0.275. The van der Waals surface area contributed by atoms with E-state index in [2.05, 4.69) is 15.0 Å². The highest BCUT2D eigenvalue weighted by molar-refractivity contribution is 7.90. The number of aromatic nitrogens is 3. The summed E-state index contributed by atoms with van der Waals surface area (Å²) in [6, 6.07) is 8.62. The zero-order valence-corrected chi connectivity index (χ0v) is 17.9. The van der Waals surface area contributed by atoms with E-state index in [1.165, 1.54) is 30.8 Å². The predicted molar refractivity (Wildman–Crippen MR) is 105 cm³/mol. The second kappa shape index (κ2) is 8.67. The number of hydrogen-bond donors (Lipinski definition) is 1. The largest absolute Gasteiger partial charge is 0.573 e. The number of para-hydroxylation sites is 1. The molecule has 0 unspecified atom stereocenters. The molecule has 14 heteroatoms. The average Bonchev–Trinajstić information content (AvgIpc) is 3.08. The lowest BCUT2D eigenvalue weighted by Crippen LogP contribution is -2.32. The van der Waals surface area contributed by atoms with E-state index in [9.17, 15) is 26.4 Å². The molecule has 2 aromatic carbocycles. The maximum Gasteiger partial charge on any atom is 0.573 e. The number of halogens is 4. The van der Waals surface area contributed by atoms with Gasteiger partial charge in [0.25, 0.3) is 15.9 Å². The van der Waals surface area contributed by atoms with Crippen molar-refractivity contribution in [3.63, 3.8) is 0 Å². The van der Waals surface area contributed by atoms with Gasteiger partial charge >= 0.3 is 6.36 Å². The van der Waals surface area contributed by atoms with Crippen LogP contribution in [0.1, 0.15) is 16.2 Å². The monoisotopic (exact) mass is 490 g/mol. The number of carbonyl (C=O) groups excluding carboxylic acids is 1. The number of hydrogen-bond acceptors (Lipinski definition) is 7. The second-order valence-electron chi connectivity index (χ2n) is 6.18. The molecule has 0 bridgehead atoms. The van der Waals surface area contributed by atoms with E-state index in [0.717, 1.165) is 18.2 Å². The molecular weight excluding hydrogens is 477 g/mol. The Bertz CT molecular complexity index is 1280. The SMILES string of the molecule is COc1ccc(-n2nnc(C(=O)NS(=O)(=O)c3ccccc3OC(F)(F)F)c2C)c(Cl)c1. The fourth-order valence-electron chi connectivity index (χ4n) is 2.66. The molecule has 1 N–H and O–H groups in total. The first-order valence-electron chi connectivity index (χ1n) is 8.61. The predicted octanol–water partition coefficient (Wildman–Crippen LogP) is 3.26. The van der Waals surface area contributed by atoms with Crippen LogP contribution < -0.4 is 14.2 Å². The molecule has 170 valence electrons. The van der Waals surface area contributed by atoms with Gasteiger partial charge in [0.2, 0.25) is 0 Å². The Hall–Kier alpha value is -3.32. The summed E-state index contributed by atoms with van der Waals surface area (Å²) in [7, 11) is -3.29. The Morgan fingerprint density at radius 2 is 1.88 bits per heavy atom. The topological polar surface area (TPSA) is 112 Å². The number of alkyl halides is 3. The van der Waals surface area contributed by atoms with Gasteiger partial charge in [-0.2, -0.15) is 0 Å². The van der Waals surface area contributed by atoms with Crippen molar-refractivity contribution in [3.8, 4) is 17.2 Å². The third-order valence-corrected chi connectivity index (χ3v) is 5.76. The van der Waals surface area contributed by atoms with Crippen molar-refractivity contribution in [1.82, 2.24) is 19.7 Å². The second-order valence-corrected chi connectivity index (χ2v) is 8.24. The number of nitrogens with one attached hydrogen (secondary N) is 1. The number of benzene rings is 2. The molecular formula is C18H14ClF3N4O5S. The number of amides is 1. The third-order valence-electron chi connectivity index (χ3n) is 4.08. The van der Waals surface area contributed by atoms with Crippen molar-refractivity contribution in [3.05, 3.63) is 58.9 Å². The normalized spacial score (nSPS) is 11.8. The van der Waals surface area contributed by atoms with Crippen LogP contribution in [0.25, 0.3) is 5.69 Å². The molecule has 0 radical (unpaired) electrons. The summed E-state index contributed by atoms with van der Waals surface area (Å²) in [6.45, 7) is 1.43. The minimum Gasteiger partial charge on any atom is -0.497 e. The van der Waals surface area contributed by atoms with Gasteiger partial charge in [0.15, 0.2) is 5.69 Å². The van der Waals surface area contributed by atoms with Gasteiger partial charge in [-0.25, -0.2) is 17.8 Å². The molecule has 0 fully saturated rings. The van der Waals surface area contributed by atoms with Crippen molar-refractivity contribution in [1.29, 1.82) is 0 Å². The Morgan fingerprint density at radius 3 is 2.50 bits per heavy atom. The molecule has 9 nitrogen and oxygen atoms in total. The quantitative estimate of drug-likeness (QED) is 0.564. The van der Waals surface area contributed by atoms with Crippen LogP contribution in [-0.2, 0) is 10.0 Å². The van der Waals surface area contributed by atoms with Gasteiger partial charge in [-0.3, -0.25) is 4.79 Å². The molecule has 0 atom stereocenters. The van der Waals surface area contributed by atoms with Crippen LogP contribution in [0.2, 0.25) is 5.02 Å². The van der Waals surface area contributed by atoms with Crippen LogP contribution in [0.5, 0.6) is 11.5 Å². The van der Waals surface area contributed by atoms with Crippen LogP contribution in [-0.4, -0.2) is 42.8 Å². The number of methoxy groups -OCH3 is 1. The summed E-state index contributed by atoms with van der Waals surface area (Å²) in [5, 5.41) is 7.69. The molecule has 1 aromatic heterocycles. The Morgan fingerprint density at radius 1 is 1.19 bits per heavy atom. The molecule has 3 rings (SSSR count). The zero-order valence-electron chi connectivity index (χ0n) is 16.3. The highest BCUT2D eigenvalue weighted by Crippen LogP contribution is 2.30. The molecule has 1 heterocycles. The summed E-state index contributed by atoms with van der Waals surface area (Å²) < 4.78 is 74.6. The van der Waals surface area contributed by atoms with Gasteiger partial charge in [-0.1, -0.05) is 28.9 Å². The Balaban J connectivity index is 1.91. The Kier molecular flexibility index (Phi) is 6.32. The highest BCUT2D eigenvalue weighted by Gasteiger charge is 2.34. The fourth-order valence-corrected chi connectivity index (χ4v) is 3.99. The lowest BCUT2D eigenvalue weighted by Gasteiger charge is -2.13. The van der Waals surface area contributed by atoms with E-state index >= 15 is 0 Å². The molecule has 0 saturated heterocycles. The summed E-state index contributed by atoms with van der Waals surface area (Å²) in [5.74, 6) is -1.73. The van der Waals surface area contributed by atoms with E-state index in [1.807, 2.05) is 0 Å². The van der Waals surface area contributed by atoms with Gasteiger partial charge in [-0.15, -0.1) is 18.3 Å². The molecule has 32 heavy (non-hydrogen) atoms. The maximum absolute atomic E-state index is 12.6. The zero-order chi connectivity index (χ0) is 23.7. The Labute approximate surface area is 184 Å². The lowest BCUT2D eigenvalue weighted by atomic mass is 10.2. The van der Waals surface area contributed by atoms with E-state index < -0.39 is 32.9 Å². The van der Waals surface area contributed by atoms with Gasteiger partial charge in [0.05, 0.1) is 23.5 Å². The first-order chi connectivity index (χ1) is 14.9. The minimum atomic E-state index is -5.13. The van der Waals surface area contributed by atoms with Crippen LogP contribution in [0.15, 0.2) is 47.4 Å². The van der Waals surface area contributed by atoms with E-state index in [0.29, 0.717) is 11.4 Å². The van der Waals surface area contributed by atoms with Gasteiger partial charge in [0.1, 0.15) is 16.4 Å². The fraction of sp³-hybridized carbons (Fsp3) is 0.167. The van der Waals surface area contributed by atoms with Crippen LogP contribution in [0.3, 0.4) is 0 Å². The number of nitrogens with zero attached hydrogens (tertiary/aromatic N) is 3. The highest BCUT2D eigenvalue weighted by atomic mass is 35.5. The molecule has 0 aliphatic rings. The van der Waals surface area contributed by atoms with E-state index in [-0.39, 0.29) is 16.4 Å². The molecule has 0 aliphatic carbocycles. The van der Waals surface area contributed by atoms with Crippen molar-refractivity contribution < 1.29 is 35.9 Å². The van der Waals surface area contributed by atoms with Crippen molar-refractivity contribution in [2.24, 2.45) is 0 Å². The number of sulfonamides is 1. The van der Waals surface area contributed by atoms with Gasteiger partial charge < -0.3 is 9.47 Å². The molecule has 3 aromatic rings. The first-order valence-corrected chi connectivity index (χ1v) is 10.5. The van der Waals surface area contributed by atoms with Gasteiger partial charge in [0, 0.05) is 6.07 Å². The summed E-state index contributed by atoms with van der Waals surface area (Å²) in [6.07, 6.45) is -5.13. The minimum absolute atomic E-state index is 0.129. The number of ether oxygens (including phenoxy) is 2. The average molecular weight is 491 g/mol. The van der Waals surface area contributed by atoms with Crippen molar-refractivity contribution in [2.75, 3.05) is 7.11 Å². The smallest absolute Gasteiger partial charge is 0.497 e. The third kappa shape index (κ3) is 4.94. The summed E-state index contributed by atoms with van der Waals surface area (Å²) in [4.78, 5) is 11.7. The van der Waals surface area contributed by atoms with Crippen molar-refractivity contribution in [2.45, 2.75) is 18.2 Å². The standard InChI is InChI=1S/C18H14ClF3N4O5S/c1-10-16(23-25-26(10)13-8-7-11(30-2)9-12(13)19)17(27)24-32(28,29)15-6-4-3-5-14(15)31-18(20,21)22/h3-9H,1-2H3,(H,24,27).